The van der Waals surface area contributed by atoms with Crippen LogP contribution in [0.3, 0.4) is 0 Å². The number of nitrogens with zero attached hydrogens (tertiary/aromatic N) is 6. The lowest BCUT2D eigenvalue weighted by Crippen LogP contribution is -2.74. The Hall–Kier alpha value is -2.84. The van der Waals surface area contributed by atoms with Crippen molar-refractivity contribution in [1.29, 1.82) is 0 Å². The third kappa shape index (κ3) is 6.49. The Balaban J connectivity index is 1.28. The summed E-state index contributed by atoms with van der Waals surface area (Å²) in [4.78, 5) is 33.8. The molecule has 3 fully saturated rings. The molecule has 0 radical (unpaired) electrons. The third-order valence-electron chi connectivity index (χ3n) is 10.2. The Morgan fingerprint density at radius 3 is 2.24 bits per heavy atom. The molecule has 4 heterocycles. The van der Waals surface area contributed by atoms with Crippen LogP contribution < -0.4 is 5.32 Å². The first-order valence-electron chi connectivity index (χ1n) is 16.7. The summed E-state index contributed by atoms with van der Waals surface area (Å²) in [6.07, 6.45) is 1.82. The van der Waals surface area contributed by atoms with Crippen LogP contribution in [0.4, 0.5) is 0 Å². The minimum atomic E-state index is -3.55. The predicted molar refractivity (Wildman–Crippen MR) is 176 cm³/mol. The highest BCUT2D eigenvalue weighted by molar-refractivity contribution is 7.89. The summed E-state index contributed by atoms with van der Waals surface area (Å²) in [5.74, 6) is -0.498. The number of sulfonamides is 1. The van der Waals surface area contributed by atoms with Crippen LogP contribution >= 0.6 is 0 Å². The number of aliphatic hydroxyl groups is 1. The summed E-state index contributed by atoms with van der Waals surface area (Å²) in [6, 6.07) is 6.03. The second-order valence-electron chi connectivity index (χ2n) is 13.6. The number of carbonyl (C=O) groups excluding carboxylic acids is 2. The van der Waals surface area contributed by atoms with Crippen LogP contribution in [-0.2, 0) is 26.2 Å². The number of likely N-dealkylation sites (N-methyl/N-ethyl adjacent to an activating group) is 1. The molecule has 1 aromatic carbocycles. The summed E-state index contributed by atoms with van der Waals surface area (Å²) < 4.78 is 29.8. The molecular weight excluding hydrogens is 606 g/mol. The van der Waals surface area contributed by atoms with E-state index in [-0.39, 0.29) is 22.6 Å². The fraction of sp³-hybridized carbons (Fsp3) is 0.667. The number of amides is 2. The van der Waals surface area contributed by atoms with Crippen LogP contribution in [-0.4, -0.2) is 125 Å². The average molecular weight is 658 g/mol. The number of piperazine rings is 2. The summed E-state index contributed by atoms with van der Waals surface area (Å²) in [7, 11) is -1.55. The van der Waals surface area contributed by atoms with Gasteiger partial charge in [0.2, 0.25) is 21.8 Å². The van der Waals surface area contributed by atoms with Crippen molar-refractivity contribution in [1.82, 2.24) is 34.1 Å². The van der Waals surface area contributed by atoms with Gasteiger partial charge in [-0.2, -0.15) is 9.40 Å². The van der Waals surface area contributed by atoms with Crippen LogP contribution in [0, 0.1) is 19.8 Å². The Morgan fingerprint density at radius 2 is 1.65 bits per heavy atom. The first kappa shape index (κ1) is 34.5. The molecule has 2 N–H and O–H groups in total. The van der Waals surface area contributed by atoms with Crippen LogP contribution in [0.5, 0.6) is 0 Å². The number of hydrogen-bond acceptors (Lipinski definition) is 8. The van der Waals surface area contributed by atoms with Crippen molar-refractivity contribution in [3.8, 4) is 5.69 Å². The Morgan fingerprint density at radius 1 is 1.02 bits per heavy atom. The molecule has 3 aliphatic rings. The number of likely N-dealkylation sites (tertiary alicyclic amines) is 1. The molecule has 46 heavy (non-hydrogen) atoms. The largest absolute Gasteiger partial charge is 0.390 e. The van der Waals surface area contributed by atoms with E-state index in [2.05, 4.69) is 22.0 Å². The molecule has 5 rings (SSSR count). The molecule has 254 valence electrons. The molecule has 2 aromatic rings. The number of aryl methyl sites for hydroxylation is 1. The smallest absolute Gasteiger partial charge is 0.248 e. The van der Waals surface area contributed by atoms with E-state index in [0.717, 1.165) is 48.6 Å². The van der Waals surface area contributed by atoms with Gasteiger partial charge in [-0.25, -0.2) is 13.1 Å². The van der Waals surface area contributed by atoms with E-state index >= 15 is 0 Å². The number of aromatic nitrogens is 2. The molecule has 13 heteroatoms. The molecular formula is C33H51N7O5S. The van der Waals surface area contributed by atoms with Crippen molar-refractivity contribution >= 4 is 21.8 Å². The molecule has 2 atom stereocenters. The van der Waals surface area contributed by atoms with E-state index in [1.807, 2.05) is 51.6 Å². The van der Waals surface area contributed by atoms with Gasteiger partial charge in [-0.15, -0.1) is 0 Å². The minimum absolute atomic E-state index is 0.154. The molecule has 1 aromatic heterocycles. The van der Waals surface area contributed by atoms with E-state index in [1.165, 1.54) is 0 Å². The zero-order valence-electron chi connectivity index (χ0n) is 28.2. The minimum Gasteiger partial charge on any atom is -0.390 e. The zero-order valence-corrected chi connectivity index (χ0v) is 29.0. The van der Waals surface area contributed by atoms with Crippen molar-refractivity contribution in [2.75, 3.05) is 52.9 Å². The summed E-state index contributed by atoms with van der Waals surface area (Å²) >= 11 is 0. The lowest BCUT2D eigenvalue weighted by Gasteiger charge is -2.52. The van der Waals surface area contributed by atoms with Crippen molar-refractivity contribution in [2.45, 2.75) is 89.4 Å². The molecule has 3 aliphatic heterocycles. The van der Waals surface area contributed by atoms with Gasteiger partial charge in [0.15, 0.2) is 0 Å². The van der Waals surface area contributed by atoms with Crippen LogP contribution in [0.15, 0.2) is 29.2 Å². The molecule has 0 aliphatic carbocycles. The van der Waals surface area contributed by atoms with Crippen LogP contribution in [0.1, 0.15) is 63.4 Å². The maximum Gasteiger partial charge on any atom is 0.248 e. The number of piperidine rings is 1. The molecule has 0 bridgehead atoms. The van der Waals surface area contributed by atoms with Gasteiger partial charge in [-0.3, -0.25) is 14.5 Å². The monoisotopic (exact) mass is 657 g/mol. The maximum absolute atomic E-state index is 13.7. The van der Waals surface area contributed by atoms with E-state index < -0.39 is 27.7 Å². The summed E-state index contributed by atoms with van der Waals surface area (Å²) in [5.41, 5.74) is 2.86. The number of unbranched alkanes of at least 4 members (excludes halogenated alkanes) is 1. The second-order valence-corrected chi connectivity index (χ2v) is 15.5. The lowest BCUT2D eigenvalue weighted by atomic mass is 9.80. The second kappa shape index (κ2) is 13.7. The van der Waals surface area contributed by atoms with E-state index in [1.54, 1.807) is 21.3 Å². The number of hydrogen-bond donors (Lipinski definition) is 2. The Bertz CT molecular complexity index is 1510. The summed E-state index contributed by atoms with van der Waals surface area (Å²) in [5, 5.41) is 18.4. The van der Waals surface area contributed by atoms with Crippen molar-refractivity contribution in [3.05, 3.63) is 41.2 Å². The van der Waals surface area contributed by atoms with Gasteiger partial charge in [-0.1, -0.05) is 27.2 Å². The lowest BCUT2D eigenvalue weighted by molar-refractivity contribution is -0.165. The third-order valence-corrected chi connectivity index (χ3v) is 12.1. The fourth-order valence-corrected chi connectivity index (χ4v) is 8.41. The normalized spacial score (nSPS) is 22.5. The van der Waals surface area contributed by atoms with Crippen LogP contribution in [0.2, 0.25) is 0 Å². The molecule has 1 spiro atoms. The van der Waals surface area contributed by atoms with Crippen molar-refractivity contribution in [2.24, 2.45) is 5.92 Å². The zero-order chi connectivity index (χ0) is 33.4. The quantitative estimate of drug-likeness (QED) is 0.397. The van der Waals surface area contributed by atoms with Gasteiger partial charge in [0.1, 0.15) is 11.6 Å². The Kier molecular flexibility index (Phi) is 10.3. The predicted octanol–water partition coefficient (Wildman–Crippen LogP) is 1.90. The van der Waals surface area contributed by atoms with E-state index in [0.29, 0.717) is 52.1 Å². The van der Waals surface area contributed by atoms with Crippen molar-refractivity contribution < 1.29 is 23.1 Å². The number of benzene rings is 1. The van der Waals surface area contributed by atoms with Crippen molar-refractivity contribution in [3.63, 3.8) is 0 Å². The topological polar surface area (TPSA) is 131 Å². The molecule has 12 nitrogen and oxygen atoms in total. The molecule has 3 saturated heterocycles. The highest BCUT2D eigenvalue weighted by atomic mass is 32.2. The van der Waals surface area contributed by atoms with Gasteiger partial charge >= 0.3 is 0 Å². The first-order valence-corrected chi connectivity index (χ1v) is 18.1. The SMILES string of the molecule is CCCCN1C(=O)[C@@H]([C@H](O)C(C)C)NC(=O)C12CCN(Cc1c(C)nn(-c3ccc(S(=O)(=O)N4CCN(C)CC4)cc3)c1C)CC2. The average Bonchev–Trinajstić information content (AvgIpc) is 3.32. The molecule has 0 unspecified atom stereocenters. The van der Waals surface area contributed by atoms with Gasteiger partial charge in [-0.05, 0) is 70.3 Å². The standard InChI is InChI=1S/C33H51N7O5S/c1-7-8-15-39-31(42)29(30(41)23(2)3)34-32(43)33(39)13-16-37(17-14-33)22-28-24(4)35-40(25(28)5)26-9-11-27(12-10-26)46(44,45)38-20-18-36(6)19-21-38/h9-12,23,29-30,41H,7-8,13-22H2,1-6H3,(H,34,43)/t29-,30-/m1/s1. The number of carbonyl (C=O) groups is 2. The Labute approximate surface area is 273 Å². The van der Waals surface area contributed by atoms with Gasteiger partial charge in [0.25, 0.3) is 0 Å². The fourth-order valence-electron chi connectivity index (χ4n) is 6.99. The van der Waals surface area contributed by atoms with Gasteiger partial charge < -0.3 is 20.2 Å². The summed E-state index contributed by atoms with van der Waals surface area (Å²) in [6.45, 7) is 14.6. The van der Waals surface area contributed by atoms with Gasteiger partial charge in [0.05, 0.1) is 22.4 Å². The maximum atomic E-state index is 13.7. The van der Waals surface area contributed by atoms with E-state index in [9.17, 15) is 23.1 Å². The van der Waals surface area contributed by atoms with E-state index in [4.69, 9.17) is 5.10 Å². The molecule has 0 saturated carbocycles. The van der Waals surface area contributed by atoms with Crippen LogP contribution in [0.25, 0.3) is 5.69 Å². The first-order chi connectivity index (χ1) is 21.8. The number of rotatable bonds is 10. The molecule has 2 amide bonds. The highest BCUT2D eigenvalue weighted by Crippen LogP contribution is 2.35. The van der Waals surface area contributed by atoms with Gasteiger partial charge in [0, 0.05) is 63.6 Å². The highest BCUT2D eigenvalue weighted by Gasteiger charge is 2.54. The number of nitrogens with one attached hydrogen (secondary N) is 1. The number of aliphatic hydroxyl groups excluding tert-OH is 1.